The number of Topliss-reactive ketones (excluding diaryl/α,β-unsaturated/α-hetero) is 1. The van der Waals surface area contributed by atoms with E-state index in [2.05, 4.69) is 5.32 Å². The molecule has 0 spiro atoms. The second-order valence-corrected chi connectivity index (χ2v) is 4.04. The molecule has 0 radical (unpaired) electrons. The van der Waals surface area contributed by atoms with E-state index in [9.17, 15) is 9.59 Å². The fraction of sp³-hybridized carbons (Fsp3) is 0.429. The Morgan fingerprint density at radius 3 is 2.53 bits per heavy atom. The van der Waals surface area contributed by atoms with Crippen molar-refractivity contribution in [1.29, 1.82) is 0 Å². The van der Waals surface area contributed by atoms with Gasteiger partial charge in [0.15, 0.2) is 5.78 Å². The van der Waals surface area contributed by atoms with E-state index in [0.717, 1.165) is 0 Å². The molecular formula is C14H20N2O3. The minimum Gasteiger partial charge on any atom is -0.378 e. The van der Waals surface area contributed by atoms with E-state index in [-0.39, 0.29) is 24.5 Å². The van der Waals surface area contributed by atoms with Gasteiger partial charge in [0.2, 0.25) is 5.91 Å². The summed E-state index contributed by atoms with van der Waals surface area (Å²) < 4.78 is 5.12. The minimum atomic E-state index is -0.138. The lowest BCUT2D eigenvalue weighted by Gasteiger charge is -2.05. The standard InChI is InChI=1S/C14H20N2O3/c15-8-10-19-11-9-16-14(18)7-6-13(17)12-4-2-1-3-5-12/h1-5H,6-11,15H2,(H,16,18). The number of nitrogens with one attached hydrogen (secondary N) is 1. The zero-order chi connectivity index (χ0) is 13.9. The van der Waals surface area contributed by atoms with Crippen LogP contribution in [0.1, 0.15) is 23.2 Å². The molecule has 1 rings (SSSR count). The van der Waals surface area contributed by atoms with Gasteiger partial charge in [0, 0.05) is 31.5 Å². The largest absolute Gasteiger partial charge is 0.378 e. The van der Waals surface area contributed by atoms with Crippen molar-refractivity contribution < 1.29 is 14.3 Å². The molecule has 0 saturated carbocycles. The first-order valence-electron chi connectivity index (χ1n) is 6.37. The van der Waals surface area contributed by atoms with Gasteiger partial charge in [0.05, 0.1) is 13.2 Å². The fourth-order valence-electron chi connectivity index (χ4n) is 1.53. The van der Waals surface area contributed by atoms with E-state index >= 15 is 0 Å². The molecule has 1 amide bonds. The highest BCUT2D eigenvalue weighted by molar-refractivity contribution is 5.97. The highest BCUT2D eigenvalue weighted by atomic mass is 16.5. The number of hydrogen-bond acceptors (Lipinski definition) is 4. The molecule has 0 fully saturated rings. The monoisotopic (exact) mass is 264 g/mol. The SMILES string of the molecule is NCCOCCNC(=O)CCC(=O)c1ccccc1. The van der Waals surface area contributed by atoms with Crippen LogP contribution in [0.5, 0.6) is 0 Å². The van der Waals surface area contributed by atoms with Crippen molar-refractivity contribution in [3.63, 3.8) is 0 Å². The molecule has 0 aromatic heterocycles. The Kier molecular flexibility index (Phi) is 7.46. The Bertz CT molecular complexity index is 393. The summed E-state index contributed by atoms with van der Waals surface area (Å²) in [5, 5.41) is 2.69. The number of carbonyl (C=O) groups is 2. The van der Waals surface area contributed by atoms with Gasteiger partial charge >= 0.3 is 0 Å². The summed E-state index contributed by atoms with van der Waals surface area (Å²) in [7, 11) is 0. The van der Waals surface area contributed by atoms with Crippen LogP contribution in [0.3, 0.4) is 0 Å². The molecule has 0 aliphatic heterocycles. The van der Waals surface area contributed by atoms with Gasteiger partial charge in [0.1, 0.15) is 0 Å². The maximum Gasteiger partial charge on any atom is 0.220 e. The molecule has 5 heteroatoms. The molecule has 0 atom stereocenters. The summed E-state index contributed by atoms with van der Waals surface area (Å²) in [6.45, 7) is 1.84. The summed E-state index contributed by atoms with van der Waals surface area (Å²) in [5.74, 6) is -0.157. The van der Waals surface area contributed by atoms with E-state index in [0.29, 0.717) is 31.9 Å². The first-order valence-corrected chi connectivity index (χ1v) is 6.37. The highest BCUT2D eigenvalue weighted by Gasteiger charge is 2.08. The van der Waals surface area contributed by atoms with Crippen molar-refractivity contribution in [1.82, 2.24) is 5.32 Å². The van der Waals surface area contributed by atoms with Gasteiger partial charge in [-0.3, -0.25) is 9.59 Å². The van der Waals surface area contributed by atoms with Crippen molar-refractivity contribution in [2.75, 3.05) is 26.3 Å². The third-order valence-corrected chi connectivity index (χ3v) is 2.51. The number of carbonyl (C=O) groups excluding carboxylic acids is 2. The first-order chi connectivity index (χ1) is 9.24. The molecule has 1 aromatic rings. The van der Waals surface area contributed by atoms with Crippen molar-refractivity contribution in [2.24, 2.45) is 5.73 Å². The van der Waals surface area contributed by atoms with Gasteiger partial charge in [-0.15, -0.1) is 0 Å². The van der Waals surface area contributed by atoms with E-state index in [1.54, 1.807) is 12.1 Å². The fourth-order valence-corrected chi connectivity index (χ4v) is 1.53. The molecule has 104 valence electrons. The average molecular weight is 264 g/mol. The van der Waals surface area contributed by atoms with E-state index < -0.39 is 0 Å². The molecule has 0 heterocycles. The number of ether oxygens (including phenoxy) is 1. The molecule has 19 heavy (non-hydrogen) atoms. The number of ketones is 1. The summed E-state index contributed by atoms with van der Waals surface area (Å²) in [6, 6.07) is 8.97. The Morgan fingerprint density at radius 1 is 1.11 bits per heavy atom. The summed E-state index contributed by atoms with van der Waals surface area (Å²) >= 11 is 0. The first kappa shape index (κ1) is 15.3. The minimum absolute atomic E-state index is 0.0184. The van der Waals surface area contributed by atoms with E-state index in [4.69, 9.17) is 10.5 Å². The predicted octanol–water partition coefficient (Wildman–Crippen LogP) is 0.741. The van der Waals surface area contributed by atoms with Crippen molar-refractivity contribution in [3.05, 3.63) is 35.9 Å². The third kappa shape index (κ3) is 6.69. The Morgan fingerprint density at radius 2 is 1.84 bits per heavy atom. The average Bonchev–Trinajstić information content (AvgIpc) is 2.45. The topological polar surface area (TPSA) is 81.4 Å². The second-order valence-electron chi connectivity index (χ2n) is 4.04. The van der Waals surface area contributed by atoms with Crippen LogP contribution in [0.15, 0.2) is 30.3 Å². The lowest BCUT2D eigenvalue weighted by molar-refractivity contribution is -0.121. The van der Waals surface area contributed by atoms with Crippen LogP contribution in [0.2, 0.25) is 0 Å². The van der Waals surface area contributed by atoms with Crippen LogP contribution in [0, 0.1) is 0 Å². The number of benzene rings is 1. The van der Waals surface area contributed by atoms with Crippen LogP contribution in [-0.2, 0) is 9.53 Å². The summed E-state index contributed by atoms with van der Waals surface area (Å²) in [6.07, 6.45) is 0.421. The van der Waals surface area contributed by atoms with Crippen molar-refractivity contribution >= 4 is 11.7 Å². The zero-order valence-electron chi connectivity index (χ0n) is 10.9. The molecular weight excluding hydrogens is 244 g/mol. The molecule has 5 nitrogen and oxygen atoms in total. The van der Waals surface area contributed by atoms with Crippen LogP contribution in [0.4, 0.5) is 0 Å². The van der Waals surface area contributed by atoms with Gasteiger partial charge in [-0.25, -0.2) is 0 Å². The van der Waals surface area contributed by atoms with Gasteiger partial charge in [-0.1, -0.05) is 30.3 Å². The van der Waals surface area contributed by atoms with Gasteiger partial charge < -0.3 is 15.8 Å². The van der Waals surface area contributed by atoms with Crippen LogP contribution in [0.25, 0.3) is 0 Å². The van der Waals surface area contributed by atoms with E-state index in [1.165, 1.54) is 0 Å². The van der Waals surface area contributed by atoms with E-state index in [1.807, 2.05) is 18.2 Å². The maximum absolute atomic E-state index is 11.7. The number of hydrogen-bond donors (Lipinski definition) is 2. The van der Waals surface area contributed by atoms with Gasteiger partial charge in [-0.2, -0.15) is 0 Å². The molecule has 0 unspecified atom stereocenters. The van der Waals surface area contributed by atoms with Crippen LogP contribution in [-0.4, -0.2) is 38.0 Å². The maximum atomic E-state index is 11.7. The Labute approximate surface area is 113 Å². The summed E-state index contributed by atoms with van der Waals surface area (Å²) in [5.41, 5.74) is 5.90. The molecule has 0 bridgehead atoms. The lowest BCUT2D eigenvalue weighted by Crippen LogP contribution is -2.28. The van der Waals surface area contributed by atoms with Crippen LogP contribution >= 0.6 is 0 Å². The lowest BCUT2D eigenvalue weighted by atomic mass is 10.1. The highest BCUT2D eigenvalue weighted by Crippen LogP contribution is 2.04. The smallest absolute Gasteiger partial charge is 0.220 e. The van der Waals surface area contributed by atoms with Crippen molar-refractivity contribution in [3.8, 4) is 0 Å². The Balaban J connectivity index is 2.15. The normalized spacial score (nSPS) is 10.2. The second kappa shape index (κ2) is 9.24. The molecule has 0 aliphatic carbocycles. The summed E-state index contributed by atoms with van der Waals surface area (Å²) in [4.78, 5) is 23.2. The number of rotatable bonds is 9. The Hall–Kier alpha value is -1.72. The molecule has 1 aromatic carbocycles. The van der Waals surface area contributed by atoms with Gasteiger partial charge in [-0.05, 0) is 0 Å². The number of nitrogens with two attached hydrogens (primary N) is 1. The molecule has 0 aliphatic rings. The predicted molar refractivity (Wildman–Crippen MR) is 72.9 cm³/mol. The van der Waals surface area contributed by atoms with Crippen molar-refractivity contribution in [2.45, 2.75) is 12.8 Å². The zero-order valence-corrected chi connectivity index (χ0v) is 10.9. The molecule has 3 N–H and O–H groups in total. The van der Waals surface area contributed by atoms with Gasteiger partial charge in [0.25, 0.3) is 0 Å². The molecule has 0 saturated heterocycles. The van der Waals surface area contributed by atoms with Crippen LogP contribution < -0.4 is 11.1 Å². The quantitative estimate of drug-likeness (QED) is 0.509. The third-order valence-electron chi connectivity index (χ3n) is 2.51. The number of amides is 1.